The van der Waals surface area contributed by atoms with Gasteiger partial charge in [-0.3, -0.25) is 0 Å². The number of ether oxygens (including phenoxy) is 7. The summed E-state index contributed by atoms with van der Waals surface area (Å²) in [4.78, 5) is 0. The minimum atomic E-state index is -0.123. The standard InChI is InChI=1S/C23H26O7/c1-10-11(2)19-13-8-15-21(29-9-28-15)23(27-6)17(13)16-12(18(10)30-19)7-14(24-3)20(25-4)22(16)26-5/h7-8,10-11,18-19H,9H2,1-6H3/t10-,11+,18-,19?/m0/s1. The Morgan fingerprint density at radius 2 is 1.33 bits per heavy atom. The second-order valence-electron chi connectivity index (χ2n) is 7.91. The van der Waals surface area contributed by atoms with Crippen LogP contribution in [0.4, 0.5) is 0 Å². The average molecular weight is 414 g/mol. The molecule has 0 amide bonds. The lowest BCUT2D eigenvalue weighted by Crippen LogP contribution is -2.15. The van der Waals surface area contributed by atoms with Crippen molar-refractivity contribution in [2.24, 2.45) is 11.8 Å². The second kappa shape index (κ2) is 6.87. The maximum atomic E-state index is 6.63. The summed E-state index contributed by atoms with van der Waals surface area (Å²) in [5.41, 5.74) is 3.76. The number of hydrogen-bond donors (Lipinski definition) is 0. The zero-order valence-corrected chi connectivity index (χ0v) is 18.0. The molecule has 2 aromatic carbocycles. The quantitative estimate of drug-likeness (QED) is 0.729. The zero-order chi connectivity index (χ0) is 21.2. The molecule has 1 fully saturated rings. The first-order valence-electron chi connectivity index (χ1n) is 10.0. The maximum Gasteiger partial charge on any atom is 0.231 e. The zero-order valence-electron chi connectivity index (χ0n) is 18.0. The van der Waals surface area contributed by atoms with Gasteiger partial charge in [-0.05, 0) is 35.1 Å². The summed E-state index contributed by atoms with van der Waals surface area (Å²) in [6, 6.07) is 4.01. The largest absolute Gasteiger partial charge is 0.493 e. The average Bonchev–Trinajstić information content (AvgIpc) is 3.31. The summed E-state index contributed by atoms with van der Waals surface area (Å²) in [6.07, 6.45) is -0.236. The molecule has 0 spiro atoms. The number of benzene rings is 2. The van der Waals surface area contributed by atoms with Crippen LogP contribution in [-0.4, -0.2) is 35.2 Å². The van der Waals surface area contributed by atoms with E-state index in [1.807, 2.05) is 12.1 Å². The van der Waals surface area contributed by atoms with Crippen molar-refractivity contribution < 1.29 is 33.2 Å². The van der Waals surface area contributed by atoms with E-state index in [1.165, 1.54) is 0 Å². The summed E-state index contributed by atoms with van der Waals surface area (Å²) in [7, 11) is 6.50. The van der Waals surface area contributed by atoms with Gasteiger partial charge in [0.2, 0.25) is 18.3 Å². The summed E-state index contributed by atoms with van der Waals surface area (Å²) < 4.78 is 41.2. The number of hydrogen-bond acceptors (Lipinski definition) is 7. The first kappa shape index (κ1) is 19.2. The molecule has 160 valence electrons. The molecule has 3 heterocycles. The van der Waals surface area contributed by atoms with E-state index in [2.05, 4.69) is 13.8 Å². The van der Waals surface area contributed by atoms with Gasteiger partial charge in [0.1, 0.15) is 0 Å². The van der Waals surface area contributed by atoms with Gasteiger partial charge < -0.3 is 33.2 Å². The Morgan fingerprint density at radius 1 is 0.733 bits per heavy atom. The van der Waals surface area contributed by atoms with E-state index >= 15 is 0 Å². The molecule has 0 aromatic heterocycles. The highest BCUT2D eigenvalue weighted by atomic mass is 16.7. The van der Waals surface area contributed by atoms with Crippen molar-refractivity contribution >= 4 is 0 Å². The van der Waals surface area contributed by atoms with Crippen LogP contribution in [0.1, 0.15) is 37.2 Å². The van der Waals surface area contributed by atoms with E-state index in [-0.39, 0.29) is 19.0 Å². The Hall–Kier alpha value is -2.80. The van der Waals surface area contributed by atoms with Crippen LogP contribution in [0.15, 0.2) is 12.1 Å². The fraction of sp³-hybridized carbons (Fsp3) is 0.478. The van der Waals surface area contributed by atoms with Crippen LogP contribution in [-0.2, 0) is 4.74 Å². The Morgan fingerprint density at radius 3 is 1.93 bits per heavy atom. The molecule has 3 aliphatic heterocycles. The molecule has 5 rings (SSSR count). The molecule has 7 nitrogen and oxygen atoms in total. The van der Waals surface area contributed by atoms with E-state index in [1.54, 1.807) is 28.4 Å². The maximum absolute atomic E-state index is 6.63. The SMILES string of the molecule is COc1cc2c(c(OC)c1OC)-c1c(cc3c(c1OC)OCO3)C1O[C@H]2[C@@H](C)[C@H]1C. The van der Waals surface area contributed by atoms with Crippen LogP contribution >= 0.6 is 0 Å². The molecule has 2 aromatic rings. The molecule has 4 atom stereocenters. The number of fused-ring (bicyclic) bond motifs is 8. The van der Waals surface area contributed by atoms with Crippen LogP contribution in [0.2, 0.25) is 0 Å². The van der Waals surface area contributed by atoms with Gasteiger partial charge in [0.15, 0.2) is 23.0 Å². The lowest BCUT2D eigenvalue weighted by molar-refractivity contribution is 0.0312. The lowest BCUT2D eigenvalue weighted by Gasteiger charge is -2.27. The van der Waals surface area contributed by atoms with Crippen molar-refractivity contribution in [3.8, 4) is 45.6 Å². The summed E-state index contributed by atoms with van der Waals surface area (Å²) in [6.45, 7) is 4.60. The molecule has 1 unspecified atom stereocenters. The summed E-state index contributed by atoms with van der Waals surface area (Å²) >= 11 is 0. The molecule has 7 heteroatoms. The van der Waals surface area contributed by atoms with Gasteiger partial charge >= 0.3 is 0 Å². The molecule has 0 radical (unpaired) electrons. The van der Waals surface area contributed by atoms with Gasteiger partial charge in [0, 0.05) is 11.1 Å². The molecule has 1 saturated heterocycles. The highest BCUT2D eigenvalue weighted by Crippen LogP contribution is 2.64. The fourth-order valence-electron chi connectivity index (χ4n) is 5.04. The van der Waals surface area contributed by atoms with Crippen molar-refractivity contribution in [3.05, 3.63) is 23.3 Å². The van der Waals surface area contributed by atoms with Gasteiger partial charge in [-0.15, -0.1) is 0 Å². The number of methoxy groups -OCH3 is 4. The first-order valence-corrected chi connectivity index (χ1v) is 10.0. The topological polar surface area (TPSA) is 64.6 Å². The molecule has 0 aliphatic carbocycles. The van der Waals surface area contributed by atoms with Crippen molar-refractivity contribution in [1.29, 1.82) is 0 Å². The third kappa shape index (κ3) is 2.35. The molecule has 3 aliphatic rings. The summed E-state index contributed by atoms with van der Waals surface area (Å²) in [5.74, 6) is 4.18. The fourth-order valence-corrected chi connectivity index (χ4v) is 5.04. The van der Waals surface area contributed by atoms with E-state index < -0.39 is 0 Å². The van der Waals surface area contributed by atoms with Gasteiger partial charge in [-0.2, -0.15) is 0 Å². The van der Waals surface area contributed by atoms with E-state index in [9.17, 15) is 0 Å². The molecule has 2 bridgehead atoms. The first-order chi connectivity index (χ1) is 14.5. The lowest BCUT2D eigenvalue weighted by atomic mass is 9.77. The molecule has 0 saturated carbocycles. The Bertz CT molecular complexity index is 1020. The van der Waals surface area contributed by atoms with Crippen molar-refractivity contribution in [2.45, 2.75) is 26.1 Å². The van der Waals surface area contributed by atoms with Gasteiger partial charge in [-0.1, -0.05) is 13.8 Å². The van der Waals surface area contributed by atoms with Crippen molar-refractivity contribution in [1.82, 2.24) is 0 Å². The van der Waals surface area contributed by atoms with E-state index in [0.29, 0.717) is 46.3 Å². The Labute approximate surface area is 175 Å². The van der Waals surface area contributed by atoms with Gasteiger partial charge in [0.05, 0.1) is 40.6 Å². The third-order valence-corrected chi connectivity index (χ3v) is 6.66. The van der Waals surface area contributed by atoms with Crippen LogP contribution in [0.3, 0.4) is 0 Å². The third-order valence-electron chi connectivity index (χ3n) is 6.66. The normalized spacial score (nSPS) is 25.3. The predicted octanol–water partition coefficient (Wildman–Crippen LogP) is 4.51. The molecular weight excluding hydrogens is 388 g/mol. The van der Waals surface area contributed by atoms with Crippen molar-refractivity contribution in [2.75, 3.05) is 35.2 Å². The highest BCUT2D eigenvalue weighted by molar-refractivity contribution is 5.89. The second-order valence-corrected chi connectivity index (χ2v) is 7.91. The Balaban J connectivity index is 1.94. The van der Waals surface area contributed by atoms with Crippen LogP contribution in [0.5, 0.6) is 34.5 Å². The minimum absolute atomic E-state index is 0.113. The van der Waals surface area contributed by atoms with Crippen LogP contribution in [0, 0.1) is 11.8 Å². The van der Waals surface area contributed by atoms with Crippen LogP contribution in [0.25, 0.3) is 11.1 Å². The van der Waals surface area contributed by atoms with Crippen LogP contribution < -0.4 is 28.4 Å². The molecule has 30 heavy (non-hydrogen) atoms. The number of rotatable bonds is 4. The van der Waals surface area contributed by atoms with E-state index in [4.69, 9.17) is 33.2 Å². The monoisotopic (exact) mass is 414 g/mol. The van der Waals surface area contributed by atoms with Gasteiger partial charge in [-0.25, -0.2) is 0 Å². The predicted molar refractivity (Wildman–Crippen MR) is 109 cm³/mol. The minimum Gasteiger partial charge on any atom is -0.493 e. The van der Waals surface area contributed by atoms with E-state index in [0.717, 1.165) is 22.3 Å². The smallest absolute Gasteiger partial charge is 0.231 e. The molecule has 0 N–H and O–H groups in total. The summed E-state index contributed by atoms with van der Waals surface area (Å²) in [5, 5.41) is 0. The Kier molecular flexibility index (Phi) is 4.39. The highest BCUT2D eigenvalue weighted by Gasteiger charge is 2.48. The van der Waals surface area contributed by atoms with Crippen molar-refractivity contribution in [3.63, 3.8) is 0 Å². The van der Waals surface area contributed by atoms with Gasteiger partial charge in [0.25, 0.3) is 0 Å². The molecular formula is C23H26O7.